The van der Waals surface area contributed by atoms with E-state index in [1.807, 2.05) is 43.3 Å². The third-order valence-electron chi connectivity index (χ3n) is 2.83. The van der Waals surface area contributed by atoms with Crippen molar-refractivity contribution in [2.75, 3.05) is 12.4 Å². The SMILES string of the molecule is C[C@@H](N)c1ccc(OCCSc2ccccc2)c(Cl)c1. The Labute approximate surface area is 129 Å². The maximum Gasteiger partial charge on any atom is 0.137 e. The third kappa shape index (κ3) is 4.44. The van der Waals surface area contributed by atoms with Crippen LogP contribution < -0.4 is 10.5 Å². The molecule has 0 fully saturated rings. The summed E-state index contributed by atoms with van der Waals surface area (Å²) < 4.78 is 5.70. The molecule has 0 saturated carbocycles. The molecule has 0 aliphatic carbocycles. The van der Waals surface area contributed by atoms with Crippen LogP contribution in [0, 0.1) is 0 Å². The van der Waals surface area contributed by atoms with Crippen LogP contribution in [0.3, 0.4) is 0 Å². The molecule has 0 amide bonds. The first-order valence-electron chi connectivity index (χ1n) is 6.52. The van der Waals surface area contributed by atoms with Crippen molar-refractivity contribution < 1.29 is 4.74 Å². The van der Waals surface area contributed by atoms with E-state index in [-0.39, 0.29) is 6.04 Å². The van der Waals surface area contributed by atoms with Crippen LogP contribution in [-0.4, -0.2) is 12.4 Å². The fourth-order valence-electron chi connectivity index (χ4n) is 1.75. The molecule has 106 valence electrons. The Morgan fingerprint density at radius 2 is 1.95 bits per heavy atom. The van der Waals surface area contributed by atoms with Gasteiger partial charge in [-0.1, -0.05) is 35.9 Å². The summed E-state index contributed by atoms with van der Waals surface area (Å²) in [6.45, 7) is 2.56. The molecule has 1 atom stereocenters. The number of hydrogen-bond acceptors (Lipinski definition) is 3. The molecule has 0 unspecified atom stereocenters. The van der Waals surface area contributed by atoms with Crippen LogP contribution >= 0.6 is 23.4 Å². The lowest BCUT2D eigenvalue weighted by Gasteiger charge is -2.11. The number of thioether (sulfide) groups is 1. The van der Waals surface area contributed by atoms with Crippen LogP contribution in [0.15, 0.2) is 53.4 Å². The van der Waals surface area contributed by atoms with E-state index >= 15 is 0 Å². The van der Waals surface area contributed by atoms with Crippen LogP contribution in [-0.2, 0) is 0 Å². The van der Waals surface area contributed by atoms with Gasteiger partial charge in [0.25, 0.3) is 0 Å². The summed E-state index contributed by atoms with van der Waals surface area (Å²) in [5.74, 6) is 1.60. The highest BCUT2D eigenvalue weighted by atomic mass is 35.5. The summed E-state index contributed by atoms with van der Waals surface area (Å²) >= 11 is 7.95. The van der Waals surface area contributed by atoms with Gasteiger partial charge in [-0.2, -0.15) is 0 Å². The van der Waals surface area contributed by atoms with Crippen molar-refractivity contribution in [2.24, 2.45) is 5.73 Å². The van der Waals surface area contributed by atoms with Crippen LogP contribution in [0.5, 0.6) is 5.75 Å². The normalized spacial score (nSPS) is 12.2. The van der Waals surface area contributed by atoms with Crippen LogP contribution in [0.1, 0.15) is 18.5 Å². The Bertz CT molecular complexity index is 545. The molecule has 0 radical (unpaired) electrons. The highest BCUT2D eigenvalue weighted by Gasteiger charge is 2.05. The van der Waals surface area contributed by atoms with E-state index in [2.05, 4.69) is 12.1 Å². The Kier molecular flexibility index (Phi) is 5.77. The van der Waals surface area contributed by atoms with Crippen molar-refractivity contribution in [3.63, 3.8) is 0 Å². The number of nitrogens with two attached hydrogens (primary N) is 1. The average molecular weight is 308 g/mol. The summed E-state index contributed by atoms with van der Waals surface area (Å²) in [6.07, 6.45) is 0. The molecule has 0 saturated heterocycles. The lowest BCUT2D eigenvalue weighted by Crippen LogP contribution is -2.05. The quantitative estimate of drug-likeness (QED) is 0.629. The second-order valence-electron chi connectivity index (χ2n) is 4.49. The summed E-state index contributed by atoms with van der Waals surface area (Å²) in [5.41, 5.74) is 6.83. The van der Waals surface area contributed by atoms with Crippen molar-refractivity contribution in [2.45, 2.75) is 17.9 Å². The summed E-state index contributed by atoms with van der Waals surface area (Å²) in [7, 11) is 0. The molecule has 20 heavy (non-hydrogen) atoms. The lowest BCUT2D eigenvalue weighted by molar-refractivity contribution is 0.344. The van der Waals surface area contributed by atoms with E-state index < -0.39 is 0 Å². The van der Waals surface area contributed by atoms with E-state index in [1.54, 1.807) is 11.8 Å². The largest absolute Gasteiger partial charge is 0.491 e. The molecule has 0 spiro atoms. The van der Waals surface area contributed by atoms with Gasteiger partial charge in [-0.3, -0.25) is 0 Å². The van der Waals surface area contributed by atoms with Crippen molar-refractivity contribution >= 4 is 23.4 Å². The van der Waals surface area contributed by atoms with E-state index in [0.29, 0.717) is 17.4 Å². The van der Waals surface area contributed by atoms with Gasteiger partial charge in [0.15, 0.2) is 0 Å². The van der Waals surface area contributed by atoms with E-state index in [9.17, 15) is 0 Å². The molecular formula is C16H18ClNOS. The molecule has 0 aromatic heterocycles. The maximum atomic E-state index is 6.18. The molecule has 0 aliphatic heterocycles. The summed E-state index contributed by atoms with van der Waals surface area (Å²) in [6, 6.07) is 16.0. The molecule has 0 heterocycles. The standard InChI is InChI=1S/C16H18ClNOS/c1-12(18)13-7-8-16(15(17)11-13)19-9-10-20-14-5-3-2-4-6-14/h2-8,11-12H,9-10,18H2,1H3/t12-/m1/s1. The third-order valence-corrected chi connectivity index (χ3v) is 4.11. The molecule has 2 aromatic carbocycles. The monoisotopic (exact) mass is 307 g/mol. The second kappa shape index (κ2) is 7.58. The number of halogens is 1. The molecule has 2 rings (SSSR count). The van der Waals surface area contributed by atoms with Gasteiger partial charge >= 0.3 is 0 Å². The Morgan fingerprint density at radius 3 is 2.60 bits per heavy atom. The molecule has 2 N–H and O–H groups in total. The Morgan fingerprint density at radius 1 is 1.20 bits per heavy atom. The fourth-order valence-corrected chi connectivity index (χ4v) is 2.74. The van der Waals surface area contributed by atoms with Gasteiger partial charge in [-0.25, -0.2) is 0 Å². The highest BCUT2D eigenvalue weighted by molar-refractivity contribution is 7.99. The van der Waals surface area contributed by atoms with Gasteiger partial charge < -0.3 is 10.5 Å². The van der Waals surface area contributed by atoms with Crippen LogP contribution in [0.2, 0.25) is 5.02 Å². The zero-order valence-corrected chi connectivity index (χ0v) is 13.0. The first kappa shape index (κ1) is 15.2. The minimum atomic E-state index is -0.0183. The Hall–Kier alpha value is -1.16. The average Bonchev–Trinajstić information content (AvgIpc) is 2.46. The van der Waals surface area contributed by atoms with Gasteiger partial charge in [-0.05, 0) is 36.8 Å². The molecular weight excluding hydrogens is 290 g/mol. The van der Waals surface area contributed by atoms with Crippen molar-refractivity contribution in [3.05, 3.63) is 59.1 Å². The number of benzene rings is 2. The van der Waals surface area contributed by atoms with Crippen LogP contribution in [0.25, 0.3) is 0 Å². The van der Waals surface area contributed by atoms with Gasteiger partial charge in [0.1, 0.15) is 5.75 Å². The minimum absolute atomic E-state index is 0.0183. The first-order chi connectivity index (χ1) is 9.66. The summed E-state index contributed by atoms with van der Waals surface area (Å²) in [5, 5.41) is 0.615. The zero-order chi connectivity index (χ0) is 14.4. The number of ether oxygens (including phenoxy) is 1. The van der Waals surface area contributed by atoms with E-state index in [1.165, 1.54) is 4.90 Å². The van der Waals surface area contributed by atoms with Gasteiger partial charge in [0.05, 0.1) is 11.6 Å². The first-order valence-corrected chi connectivity index (χ1v) is 7.89. The smallest absolute Gasteiger partial charge is 0.137 e. The minimum Gasteiger partial charge on any atom is -0.491 e. The van der Waals surface area contributed by atoms with Gasteiger partial charge in [0.2, 0.25) is 0 Å². The molecule has 2 aromatic rings. The van der Waals surface area contributed by atoms with E-state index in [0.717, 1.165) is 11.3 Å². The predicted octanol–water partition coefficient (Wildman–Crippen LogP) is 4.53. The molecule has 2 nitrogen and oxygen atoms in total. The van der Waals surface area contributed by atoms with Gasteiger partial charge in [-0.15, -0.1) is 11.8 Å². The molecule has 0 aliphatic rings. The maximum absolute atomic E-state index is 6.18. The highest BCUT2D eigenvalue weighted by Crippen LogP contribution is 2.27. The van der Waals surface area contributed by atoms with Crippen molar-refractivity contribution in [1.82, 2.24) is 0 Å². The number of rotatable bonds is 6. The predicted molar refractivity (Wildman–Crippen MR) is 86.7 cm³/mol. The zero-order valence-electron chi connectivity index (χ0n) is 11.4. The molecule has 4 heteroatoms. The number of hydrogen-bond donors (Lipinski definition) is 1. The lowest BCUT2D eigenvalue weighted by atomic mass is 10.1. The van der Waals surface area contributed by atoms with Crippen molar-refractivity contribution in [1.29, 1.82) is 0 Å². The Balaban J connectivity index is 1.82. The topological polar surface area (TPSA) is 35.2 Å². The molecule has 0 bridgehead atoms. The van der Waals surface area contributed by atoms with Crippen LogP contribution in [0.4, 0.5) is 0 Å². The van der Waals surface area contributed by atoms with Gasteiger partial charge in [0, 0.05) is 16.7 Å². The van der Waals surface area contributed by atoms with E-state index in [4.69, 9.17) is 22.1 Å². The fraction of sp³-hybridized carbons (Fsp3) is 0.250. The van der Waals surface area contributed by atoms with Crippen molar-refractivity contribution in [3.8, 4) is 5.75 Å². The second-order valence-corrected chi connectivity index (χ2v) is 6.06. The summed E-state index contributed by atoms with van der Waals surface area (Å²) in [4.78, 5) is 1.24.